The van der Waals surface area contributed by atoms with Gasteiger partial charge in [-0.1, -0.05) is 26.0 Å². The number of nitrogens with one attached hydrogen (secondary N) is 2. The van der Waals surface area contributed by atoms with E-state index in [1.165, 1.54) is 0 Å². The molecule has 1 amide bonds. The standard InChI is InChI=1S/C14H22N2O2/c1-4-11(5-2)16-14(17)10-15-12-8-6-7-9-13(12)18-3/h6-9,11,15H,4-5,10H2,1-3H3,(H,16,17). The predicted molar refractivity (Wildman–Crippen MR) is 74.0 cm³/mol. The summed E-state index contributed by atoms with van der Waals surface area (Å²) in [6.07, 6.45) is 1.91. The van der Waals surface area contributed by atoms with Gasteiger partial charge in [-0.3, -0.25) is 4.79 Å². The first kappa shape index (κ1) is 14.4. The highest BCUT2D eigenvalue weighted by molar-refractivity contribution is 5.81. The van der Waals surface area contributed by atoms with Crippen LogP contribution in [0.4, 0.5) is 5.69 Å². The Labute approximate surface area is 109 Å². The molecule has 0 saturated heterocycles. The summed E-state index contributed by atoms with van der Waals surface area (Å²) in [5.74, 6) is 0.752. The van der Waals surface area contributed by atoms with Crippen molar-refractivity contribution in [2.75, 3.05) is 19.0 Å². The Hall–Kier alpha value is -1.71. The van der Waals surface area contributed by atoms with E-state index in [-0.39, 0.29) is 18.5 Å². The van der Waals surface area contributed by atoms with Gasteiger partial charge in [-0.05, 0) is 25.0 Å². The third-order valence-corrected chi connectivity index (χ3v) is 2.90. The minimum Gasteiger partial charge on any atom is -0.495 e. The summed E-state index contributed by atoms with van der Waals surface area (Å²) >= 11 is 0. The molecule has 2 N–H and O–H groups in total. The van der Waals surface area contributed by atoms with E-state index in [2.05, 4.69) is 24.5 Å². The van der Waals surface area contributed by atoms with E-state index >= 15 is 0 Å². The second kappa shape index (κ2) is 7.58. The molecule has 0 heterocycles. The van der Waals surface area contributed by atoms with Crippen molar-refractivity contribution in [2.45, 2.75) is 32.7 Å². The Morgan fingerprint density at radius 3 is 2.56 bits per heavy atom. The molecule has 1 aromatic rings. The van der Waals surface area contributed by atoms with Crippen molar-refractivity contribution >= 4 is 11.6 Å². The summed E-state index contributed by atoms with van der Waals surface area (Å²) in [7, 11) is 1.62. The topological polar surface area (TPSA) is 50.4 Å². The fourth-order valence-electron chi connectivity index (χ4n) is 1.74. The SMILES string of the molecule is CCC(CC)NC(=O)CNc1ccccc1OC. The second-order valence-electron chi connectivity index (χ2n) is 4.13. The molecular formula is C14H22N2O2. The monoisotopic (exact) mass is 250 g/mol. The second-order valence-corrected chi connectivity index (χ2v) is 4.13. The number of hydrogen-bond acceptors (Lipinski definition) is 3. The number of carbonyl (C=O) groups excluding carboxylic acids is 1. The molecule has 1 rings (SSSR count). The summed E-state index contributed by atoms with van der Waals surface area (Å²) in [6, 6.07) is 7.82. The Morgan fingerprint density at radius 2 is 1.94 bits per heavy atom. The van der Waals surface area contributed by atoms with Crippen LogP contribution in [0.2, 0.25) is 0 Å². The van der Waals surface area contributed by atoms with E-state index < -0.39 is 0 Å². The van der Waals surface area contributed by atoms with Crippen LogP contribution in [0.3, 0.4) is 0 Å². The third-order valence-electron chi connectivity index (χ3n) is 2.90. The molecule has 0 aliphatic carbocycles. The molecule has 1 aromatic carbocycles. The van der Waals surface area contributed by atoms with Crippen LogP contribution in [0.25, 0.3) is 0 Å². The molecule has 0 aliphatic rings. The maximum atomic E-state index is 11.7. The molecule has 100 valence electrons. The molecule has 0 saturated carbocycles. The third kappa shape index (κ3) is 4.28. The van der Waals surface area contributed by atoms with Crippen molar-refractivity contribution in [3.63, 3.8) is 0 Å². The van der Waals surface area contributed by atoms with Crippen molar-refractivity contribution in [1.82, 2.24) is 5.32 Å². The van der Waals surface area contributed by atoms with Gasteiger partial charge >= 0.3 is 0 Å². The van der Waals surface area contributed by atoms with Crippen molar-refractivity contribution in [2.24, 2.45) is 0 Å². The Bertz CT molecular complexity index is 376. The Balaban J connectivity index is 2.47. The number of hydrogen-bond donors (Lipinski definition) is 2. The van der Waals surface area contributed by atoms with E-state index in [0.717, 1.165) is 24.3 Å². The fraction of sp³-hybridized carbons (Fsp3) is 0.500. The molecular weight excluding hydrogens is 228 g/mol. The number of ether oxygens (including phenoxy) is 1. The Morgan fingerprint density at radius 1 is 1.28 bits per heavy atom. The van der Waals surface area contributed by atoms with Crippen molar-refractivity contribution in [3.05, 3.63) is 24.3 Å². The summed E-state index contributed by atoms with van der Waals surface area (Å²) in [4.78, 5) is 11.7. The maximum absolute atomic E-state index is 11.7. The van der Waals surface area contributed by atoms with Crippen LogP contribution >= 0.6 is 0 Å². The first-order chi connectivity index (χ1) is 8.71. The smallest absolute Gasteiger partial charge is 0.239 e. The number of anilines is 1. The van der Waals surface area contributed by atoms with Crippen LogP contribution in [0.1, 0.15) is 26.7 Å². The van der Waals surface area contributed by atoms with E-state index in [9.17, 15) is 4.79 Å². The van der Waals surface area contributed by atoms with Crippen molar-refractivity contribution in [3.8, 4) is 5.75 Å². The highest BCUT2D eigenvalue weighted by atomic mass is 16.5. The van der Waals surface area contributed by atoms with Crippen LogP contribution in [0.5, 0.6) is 5.75 Å². The minimum atomic E-state index is 0.00889. The zero-order valence-corrected chi connectivity index (χ0v) is 11.3. The summed E-state index contributed by atoms with van der Waals surface area (Å²) < 4.78 is 5.21. The molecule has 0 aliphatic heterocycles. The maximum Gasteiger partial charge on any atom is 0.239 e. The molecule has 4 heteroatoms. The lowest BCUT2D eigenvalue weighted by atomic mass is 10.2. The van der Waals surface area contributed by atoms with Gasteiger partial charge in [-0.15, -0.1) is 0 Å². The van der Waals surface area contributed by atoms with Crippen LogP contribution in [0, 0.1) is 0 Å². The molecule has 0 spiro atoms. The van der Waals surface area contributed by atoms with Gasteiger partial charge in [0.05, 0.1) is 19.3 Å². The number of rotatable bonds is 7. The van der Waals surface area contributed by atoms with Gasteiger partial charge < -0.3 is 15.4 Å². The predicted octanol–water partition coefficient (Wildman–Crippen LogP) is 2.41. The normalized spacial score (nSPS) is 10.2. The number of benzene rings is 1. The van der Waals surface area contributed by atoms with E-state index in [1.54, 1.807) is 7.11 Å². The summed E-state index contributed by atoms with van der Waals surface area (Å²) in [5.41, 5.74) is 0.833. The lowest BCUT2D eigenvalue weighted by Crippen LogP contribution is -2.37. The highest BCUT2D eigenvalue weighted by Gasteiger charge is 2.08. The molecule has 0 aromatic heterocycles. The zero-order chi connectivity index (χ0) is 13.4. The van der Waals surface area contributed by atoms with Gasteiger partial charge in [-0.25, -0.2) is 0 Å². The van der Waals surface area contributed by atoms with Gasteiger partial charge in [0.1, 0.15) is 5.75 Å². The number of carbonyl (C=O) groups is 1. The zero-order valence-electron chi connectivity index (χ0n) is 11.3. The van der Waals surface area contributed by atoms with E-state index in [4.69, 9.17) is 4.74 Å². The first-order valence-corrected chi connectivity index (χ1v) is 6.37. The number of amides is 1. The lowest BCUT2D eigenvalue weighted by Gasteiger charge is -2.16. The van der Waals surface area contributed by atoms with Crippen LogP contribution in [-0.2, 0) is 4.79 Å². The number of methoxy groups -OCH3 is 1. The first-order valence-electron chi connectivity index (χ1n) is 6.37. The van der Waals surface area contributed by atoms with Crippen LogP contribution in [-0.4, -0.2) is 25.6 Å². The highest BCUT2D eigenvalue weighted by Crippen LogP contribution is 2.22. The van der Waals surface area contributed by atoms with Gasteiger partial charge in [0.2, 0.25) is 5.91 Å². The number of para-hydroxylation sites is 2. The fourth-order valence-corrected chi connectivity index (χ4v) is 1.74. The molecule has 0 atom stereocenters. The largest absolute Gasteiger partial charge is 0.495 e. The van der Waals surface area contributed by atoms with Crippen molar-refractivity contribution in [1.29, 1.82) is 0 Å². The molecule has 0 fully saturated rings. The molecule has 18 heavy (non-hydrogen) atoms. The Kier molecular flexibility index (Phi) is 6.05. The molecule has 0 unspecified atom stereocenters. The quantitative estimate of drug-likeness (QED) is 0.781. The molecule has 0 bridgehead atoms. The molecule has 0 radical (unpaired) electrons. The van der Waals surface area contributed by atoms with Crippen LogP contribution in [0.15, 0.2) is 24.3 Å². The summed E-state index contributed by atoms with van der Waals surface area (Å²) in [6.45, 7) is 4.40. The lowest BCUT2D eigenvalue weighted by molar-refractivity contribution is -0.120. The molecule has 4 nitrogen and oxygen atoms in total. The van der Waals surface area contributed by atoms with Crippen LogP contribution < -0.4 is 15.4 Å². The van der Waals surface area contributed by atoms with Gasteiger partial charge in [0.15, 0.2) is 0 Å². The minimum absolute atomic E-state index is 0.00889. The van der Waals surface area contributed by atoms with Gasteiger partial charge in [0, 0.05) is 6.04 Å². The average molecular weight is 250 g/mol. The van der Waals surface area contributed by atoms with E-state index in [0.29, 0.717) is 0 Å². The summed E-state index contributed by atoms with van der Waals surface area (Å²) in [5, 5.41) is 6.06. The van der Waals surface area contributed by atoms with Gasteiger partial charge in [-0.2, -0.15) is 0 Å². The van der Waals surface area contributed by atoms with Crippen molar-refractivity contribution < 1.29 is 9.53 Å². The van der Waals surface area contributed by atoms with E-state index in [1.807, 2.05) is 24.3 Å². The average Bonchev–Trinajstić information content (AvgIpc) is 2.42. The van der Waals surface area contributed by atoms with Gasteiger partial charge in [0.25, 0.3) is 0 Å².